The van der Waals surface area contributed by atoms with Crippen LogP contribution < -0.4 is 14.2 Å². The van der Waals surface area contributed by atoms with Crippen molar-refractivity contribution in [1.82, 2.24) is 9.80 Å². The van der Waals surface area contributed by atoms with Gasteiger partial charge in [-0.05, 0) is 27.7 Å². The molecule has 1 fully saturated rings. The third kappa shape index (κ3) is 3.05. The number of carbonyl (C=O) groups is 2. The van der Waals surface area contributed by atoms with Crippen LogP contribution in [0.3, 0.4) is 0 Å². The molecule has 2 bridgehead atoms. The molecule has 0 N–H and O–H groups in total. The maximum absolute atomic E-state index is 13.1. The molecule has 29 heavy (non-hydrogen) atoms. The number of nitrogens with zero attached hydrogens (tertiary/aromatic N) is 2. The van der Waals surface area contributed by atoms with Gasteiger partial charge in [-0.3, -0.25) is 9.69 Å². The molecule has 3 rings (SSSR count). The van der Waals surface area contributed by atoms with Crippen molar-refractivity contribution < 1.29 is 28.5 Å². The first-order valence-corrected chi connectivity index (χ1v) is 9.76. The highest BCUT2D eigenvalue weighted by Gasteiger charge is 2.53. The normalized spacial score (nSPS) is 23.1. The lowest BCUT2D eigenvalue weighted by Crippen LogP contribution is -2.65. The average molecular weight is 406 g/mol. The first-order chi connectivity index (χ1) is 13.7. The zero-order valence-electron chi connectivity index (χ0n) is 18.4. The summed E-state index contributed by atoms with van der Waals surface area (Å²) in [5.74, 6) is 1.66. The number of hydrogen-bond donors (Lipinski definition) is 0. The van der Waals surface area contributed by atoms with Gasteiger partial charge < -0.3 is 23.8 Å². The summed E-state index contributed by atoms with van der Waals surface area (Å²) in [5, 5.41) is 0. The predicted molar refractivity (Wildman–Crippen MR) is 107 cm³/mol. The van der Waals surface area contributed by atoms with E-state index in [9.17, 15) is 9.59 Å². The van der Waals surface area contributed by atoms with Crippen LogP contribution in [-0.2, 0) is 16.0 Å². The van der Waals surface area contributed by atoms with Crippen molar-refractivity contribution in [2.24, 2.45) is 0 Å². The van der Waals surface area contributed by atoms with E-state index in [-0.39, 0.29) is 18.1 Å². The minimum atomic E-state index is -0.661. The number of piperazine rings is 1. The van der Waals surface area contributed by atoms with Gasteiger partial charge >= 0.3 is 6.09 Å². The molecular weight excluding hydrogens is 376 g/mol. The average Bonchev–Trinajstić information content (AvgIpc) is 2.68. The van der Waals surface area contributed by atoms with E-state index in [0.717, 1.165) is 16.7 Å². The summed E-state index contributed by atoms with van der Waals surface area (Å²) in [4.78, 5) is 29.4. The number of amides is 2. The SMILES string of the molecule is COc1c(C)c(OC)c(OC)c2c1C[C@H]1C(=O)N(C)[C@@H](C)[C@@H]2N1C(=O)OC(C)C. The summed E-state index contributed by atoms with van der Waals surface area (Å²) in [6, 6.07) is -1.40. The third-order valence-corrected chi connectivity index (χ3v) is 5.92. The Kier molecular flexibility index (Phi) is 5.56. The van der Waals surface area contributed by atoms with Crippen molar-refractivity contribution in [2.75, 3.05) is 28.4 Å². The fourth-order valence-corrected chi connectivity index (χ4v) is 4.58. The lowest BCUT2D eigenvalue weighted by molar-refractivity contribution is -0.148. The van der Waals surface area contributed by atoms with E-state index in [4.69, 9.17) is 18.9 Å². The Morgan fingerprint density at radius 2 is 1.66 bits per heavy atom. The van der Waals surface area contributed by atoms with Crippen LogP contribution in [-0.4, -0.2) is 68.4 Å². The van der Waals surface area contributed by atoms with Gasteiger partial charge in [0.25, 0.3) is 0 Å². The van der Waals surface area contributed by atoms with Crippen LogP contribution >= 0.6 is 0 Å². The monoisotopic (exact) mass is 406 g/mol. The fraction of sp³-hybridized carbons (Fsp3) is 0.619. The molecule has 2 aliphatic rings. The lowest BCUT2D eigenvalue weighted by atomic mass is 9.79. The molecule has 0 aromatic heterocycles. The largest absolute Gasteiger partial charge is 0.496 e. The molecule has 0 radical (unpaired) electrons. The molecule has 1 aromatic rings. The van der Waals surface area contributed by atoms with Gasteiger partial charge in [0.1, 0.15) is 11.8 Å². The molecule has 160 valence electrons. The quantitative estimate of drug-likeness (QED) is 0.765. The molecule has 2 heterocycles. The van der Waals surface area contributed by atoms with E-state index in [1.807, 2.05) is 13.8 Å². The number of rotatable bonds is 4. The van der Waals surface area contributed by atoms with Crippen molar-refractivity contribution in [2.45, 2.75) is 58.3 Å². The van der Waals surface area contributed by atoms with Crippen molar-refractivity contribution in [1.29, 1.82) is 0 Å². The molecule has 2 aliphatic heterocycles. The number of ether oxygens (including phenoxy) is 4. The van der Waals surface area contributed by atoms with Crippen LogP contribution in [0.25, 0.3) is 0 Å². The minimum Gasteiger partial charge on any atom is -0.496 e. The second-order valence-electron chi connectivity index (χ2n) is 7.81. The van der Waals surface area contributed by atoms with E-state index in [1.54, 1.807) is 52.0 Å². The number of carbonyl (C=O) groups excluding carboxylic acids is 2. The summed E-state index contributed by atoms with van der Waals surface area (Å²) >= 11 is 0. The maximum atomic E-state index is 13.1. The second kappa shape index (κ2) is 7.65. The Hall–Kier alpha value is -2.64. The fourth-order valence-electron chi connectivity index (χ4n) is 4.58. The van der Waals surface area contributed by atoms with Crippen molar-refractivity contribution >= 4 is 12.0 Å². The first-order valence-electron chi connectivity index (χ1n) is 9.76. The number of hydrogen-bond acceptors (Lipinski definition) is 6. The van der Waals surface area contributed by atoms with Crippen molar-refractivity contribution in [3.05, 3.63) is 16.7 Å². The highest BCUT2D eigenvalue weighted by atomic mass is 16.6. The van der Waals surface area contributed by atoms with Crippen LogP contribution in [0.1, 0.15) is 43.5 Å². The molecule has 0 aliphatic carbocycles. The highest BCUT2D eigenvalue weighted by molar-refractivity contribution is 5.89. The molecule has 1 saturated heterocycles. The van der Waals surface area contributed by atoms with Crippen molar-refractivity contribution in [3.63, 3.8) is 0 Å². The molecule has 0 unspecified atom stereocenters. The summed E-state index contributed by atoms with van der Waals surface area (Å²) in [7, 11) is 6.52. The number of likely N-dealkylation sites (N-methyl/N-ethyl adjacent to an activating group) is 1. The van der Waals surface area contributed by atoms with Crippen LogP contribution in [0.15, 0.2) is 0 Å². The third-order valence-electron chi connectivity index (χ3n) is 5.92. The lowest BCUT2D eigenvalue weighted by Gasteiger charge is -2.52. The Labute approximate surface area is 171 Å². The van der Waals surface area contributed by atoms with Gasteiger partial charge in [-0.1, -0.05) is 0 Å². The molecule has 0 spiro atoms. The number of fused-ring (bicyclic) bond motifs is 4. The zero-order chi connectivity index (χ0) is 21.6. The molecule has 8 nitrogen and oxygen atoms in total. The van der Waals surface area contributed by atoms with Gasteiger partial charge in [0, 0.05) is 30.2 Å². The van der Waals surface area contributed by atoms with Crippen LogP contribution in [0.2, 0.25) is 0 Å². The Balaban J connectivity index is 2.32. The molecule has 3 atom stereocenters. The second-order valence-corrected chi connectivity index (χ2v) is 7.81. The van der Waals surface area contributed by atoms with Crippen LogP contribution in [0.4, 0.5) is 4.79 Å². The summed E-state index contributed by atoms with van der Waals surface area (Å²) in [5.41, 5.74) is 2.48. The smallest absolute Gasteiger partial charge is 0.411 e. The van der Waals surface area contributed by atoms with E-state index in [0.29, 0.717) is 23.7 Å². The van der Waals surface area contributed by atoms with E-state index < -0.39 is 18.2 Å². The molecule has 2 amide bonds. The van der Waals surface area contributed by atoms with E-state index in [2.05, 4.69) is 0 Å². The zero-order valence-corrected chi connectivity index (χ0v) is 18.4. The Morgan fingerprint density at radius 3 is 2.17 bits per heavy atom. The molecular formula is C21H30N2O6. The topological polar surface area (TPSA) is 77.5 Å². The molecule has 0 saturated carbocycles. The molecule has 1 aromatic carbocycles. The first kappa shape index (κ1) is 21.1. The summed E-state index contributed by atoms with van der Waals surface area (Å²) in [6.07, 6.45) is -0.481. The van der Waals surface area contributed by atoms with Gasteiger partial charge in [-0.2, -0.15) is 0 Å². The van der Waals surface area contributed by atoms with Gasteiger partial charge in [0.2, 0.25) is 5.91 Å². The number of methoxy groups -OCH3 is 3. The summed E-state index contributed by atoms with van der Waals surface area (Å²) < 4.78 is 22.6. The Morgan fingerprint density at radius 1 is 1.07 bits per heavy atom. The highest BCUT2D eigenvalue weighted by Crippen LogP contribution is 2.53. The van der Waals surface area contributed by atoms with Crippen LogP contribution in [0.5, 0.6) is 17.2 Å². The number of benzene rings is 1. The van der Waals surface area contributed by atoms with Gasteiger partial charge in [-0.15, -0.1) is 0 Å². The minimum absolute atomic E-state index is 0.116. The van der Waals surface area contributed by atoms with Crippen LogP contribution in [0, 0.1) is 6.92 Å². The molecule has 8 heteroatoms. The van der Waals surface area contributed by atoms with Gasteiger partial charge in [0.05, 0.1) is 39.5 Å². The van der Waals surface area contributed by atoms with E-state index in [1.165, 1.54) is 0 Å². The van der Waals surface area contributed by atoms with Gasteiger partial charge in [0.15, 0.2) is 11.5 Å². The van der Waals surface area contributed by atoms with E-state index >= 15 is 0 Å². The standard InChI is InChI=1S/C21H30N2O6/c1-10(2)29-21(25)23-14-9-13-15(16(23)12(4)22(5)20(14)24)19(28-8)18(27-7)11(3)17(13)26-6/h10,12,14,16H,9H2,1-8H3/t12-,14-,16-/m0/s1. The Bertz CT molecular complexity index is 837. The van der Waals surface area contributed by atoms with Gasteiger partial charge in [-0.25, -0.2) is 4.79 Å². The maximum Gasteiger partial charge on any atom is 0.411 e. The summed E-state index contributed by atoms with van der Waals surface area (Å²) in [6.45, 7) is 7.40. The van der Waals surface area contributed by atoms with Crippen molar-refractivity contribution in [3.8, 4) is 17.2 Å². The predicted octanol–water partition coefficient (Wildman–Crippen LogP) is 2.69.